The molecule has 0 spiro atoms. The number of sulfone groups is 1. The number of nitrogens with two attached hydrogens (primary N) is 1. The van der Waals surface area contributed by atoms with Crippen molar-refractivity contribution in [1.29, 1.82) is 5.26 Å². The maximum absolute atomic E-state index is 13.5. The number of nitrogens with one attached hydrogen (secondary N) is 3. The number of alkyl carbamates (subject to hydrolysis) is 1. The number of carbonyl (C=O) groups is 3. The van der Waals surface area contributed by atoms with E-state index in [0.717, 1.165) is 6.20 Å². The van der Waals surface area contributed by atoms with E-state index in [1.807, 2.05) is 11.5 Å². The fourth-order valence-electron chi connectivity index (χ4n) is 3.56. The number of ether oxygens (including phenoxy) is 1. The first kappa shape index (κ1) is 25.7. The third kappa shape index (κ3) is 5.95. The lowest BCUT2D eigenvalue weighted by Crippen LogP contribution is -2.51. The summed E-state index contributed by atoms with van der Waals surface area (Å²) in [5.74, 6) is 3.20. The van der Waals surface area contributed by atoms with Crippen LogP contribution < -0.4 is 21.9 Å². The van der Waals surface area contributed by atoms with Crippen molar-refractivity contribution < 1.29 is 27.5 Å². The Balaban J connectivity index is 2.07. The molecule has 0 bridgehead atoms. The summed E-state index contributed by atoms with van der Waals surface area (Å²) < 4.78 is 31.5. The quantitative estimate of drug-likeness (QED) is 0.262. The number of hydrazine groups is 1. The van der Waals surface area contributed by atoms with Gasteiger partial charge in [-0.3, -0.25) is 15.0 Å². The van der Waals surface area contributed by atoms with Crippen molar-refractivity contribution in [3.63, 3.8) is 0 Å². The summed E-state index contributed by atoms with van der Waals surface area (Å²) >= 11 is 0. The first-order valence-electron chi connectivity index (χ1n) is 10.5. The van der Waals surface area contributed by atoms with Crippen molar-refractivity contribution in [2.75, 3.05) is 5.75 Å². The third-order valence-corrected chi connectivity index (χ3v) is 6.77. The number of hydrogen-bond acceptors (Lipinski definition) is 9. The Morgan fingerprint density at radius 3 is 2.49 bits per heavy atom. The number of nitriles is 1. The van der Waals surface area contributed by atoms with E-state index in [0.29, 0.717) is 11.1 Å². The summed E-state index contributed by atoms with van der Waals surface area (Å²) in [5, 5.41) is 13.6. The largest absolute Gasteiger partial charge is 0.444 e. The number of benzene rings is 1. The summed E-state index contributed by atoms with van der Waals surface area (Å²) in [6.07, 6.45) is 1.63. The van der Waals surface area contributed by atoms with Crippen LogP contribution in [-0.4, -0.2) is 43.6 Å². The van der Waals surface area contributed by atoms with Gasteiger partial charge in [-0.25, -0.2) is 19.1 Å². The second-order valence-corrected chi connectivity index (χ2v) is 10.9. The molecule has 184 valence electrons. The van der Waals surface area contributed by atoms with Gasteiger partial charge in [0.25, 0.3) is 5.91 Å². The highest BCUT2D eigenvalue weighted by molar-refractivity contribution is 7.95. The maximum Gasteiger partial charge on any atom is 0.408 e. The van der Waals surface area contributed by atoms with Crippen LogP contribution in [0.15, 0.2) is 58.3 Å². The topological polar surface area (TPSA) is 180 Å². The van der Waals surface area contributed by atoms with E-state index < -0.39 is 45.0 Å². The lowest BCUT2D eigenvalue weighted by molar-refractivity contribution is -0.118. The molecular formula is C23H25N5O6S. The number of ketones is 1. The maximum atomic E-state index is 13.5. The molecule has 0 fully saturated rings. The molecule has 11 nitrogen and oxygen atoms in total. The molecular weight excluding hydrogens is 474 g/mol. The van der Waals surface area contributed by atoms with Gasteiger partial charge in [0.2, 0.25) is 0 Å². The molecule has 0 saturated carbocycles. The van der Waals surface area contributed by atoms with Gasteiger partial charge >= 0.3 is 6.09 Å². The Labute approximate surface area is 202 Å². The van der Waals surface area contributed by atoms with Crippen molar-refractivity contribution in [2.45, 2.75) is 38.8 Å². The summed E-state index contributed by atoms with van der Waals surface area (Å²) in [4.78, 5) is 38.0. The number of Topliss-reactive ketones (excluding diaryl/α,β-unsaturated/α-hetero) is 1. The highest BCUT2D eigenvalue weighted by Crippen LogP contribution is 2.31. The Morgan fingerprint density at radius 1 is 1.26 bits per heavy atom. The number of amides is 2. The molecule has 1 aromatic rings. The Hall–Kier alpha value is -3.95. The zero-order chi connectivity index (χ0) is 26.0. The molecule has 0 saturated heterocycles. The normalized spacial score (nSPS) is 19.2. The predicted octanol–water partition coefficient (Wildman–Crippen LogP) is 0.607. The zero-order valence-corrected chi connectivity index (χ0v) is 20.2. The average Bonchev–Trinajstić information content (AvgIpc) is 2.96. The monoisotopic (exact) mass is 499 g/mol. The minimum atomic E-state index is -4.08. The van der Waals surface area contributed by atoms with Gasteiger partial charge in [-0.05, 0) is 56.5 Å². The lowest BCUT2D eigenvalue weighted by atomic mass is 9.91. The van der Waals surface area contributed by atoms with Crippen LogP contribution in [-0.2, 0) is 30.6 Å². The first-order chi connectivity index (χ1) is 16.3. The molecule has 0 aromatic heterocycles. The van der Waals surface area contributed by atoms with Gasteiger partial charge in [0.05, 0.1) is 28.5 Å². The van der Waals surface area contributed by atoms with Crippen LogP contribution in [0.2, 0.25) is 0 Å². The van der Waals surface area contributed by atoms with Crippen LogP contribution >= 0.6 is 0 Å². The number of hydrogen-bond donors (Lipinski definition) is 4. The standard InChI is InChI=1S/C23H25N5O6S/c1-23(2,3)34-22(31)27-17-12-35(32,33)21-18(19(17)29)15(9-16(11-26-21)20(30)28-25)8-13-4-6-14(10-24)7-5-13/h4-7,9,11,17,26H,8,12,25H2,1-3H3,(H,27,31)(H,28,30)/t17-/m0/s1. The van der Waals surface area contributed by atoms with Gasteiger partial charge in [-0.2, -0.15) is 5.26 Å². The average molecular weight is 500 g/mol. The second kappa shape index (κ2) is 9.73. The van der Waals surface area contributed by atoms with Crippen LogP contribution in [0.3, 0.4) is 0 Å². The molecule has 5 N–H and O–H groups in total. The predicted molar refractivity (Wildman–Crippen MR) is 125 cm³/mol. The van der Waals surface area contributed by atoms with E-state index in [1.165, 1.54) is 6.08 Å². The molecule has 12 heteroatoms. The number of rotatable bonds is 4. The third-order valence-electron chi connectivity index (χ3n) is 5.06. The van der Waals surface area contributed by atoms with E-state index in [2.05, 4.69) is 10.6 Å². The van der Waals surface area contributed by atoms with Crippen LogP contribution in [0.1, 0.15) is 31.9 Å². The first-order valence-corrected chi connectivity index (χ1v) is 12.2. The van der Waals surface area contributed by atoms with Crippen LogP contribution in [0.5, 0.6) is 0 Å². The van der Waals surface area contributed by atoms with Gasteiger partial charge in [0, 0.05) is 6.20 Å². The van der Waals surface area contributed by atoms with Gasteiger partial charge in [0.15, 0.2) is 15.6 Å². The molecule has 1 atom stereocenters. The molecule has 0 unspecified atom stereocenters. The molecule has 2 heterocycles. The molecule has 35 heavy (non-hydrogen) atoms. The SMILES string of the molecule is CC(C)(C)OC(=O)N[C@H]1CS(=O)(=O)C2=C(C1=O)C(Cc1ccc(C#N)cc1)=CC(C(=O)NN)=CN2. The fraction of sp³-hybridized carbons (Fsp3) is 0.304. The lowest BCUT2D eigenvalue weighted by Gasteiger charge is -2.28. The molecule has 2 aliphatic rings. The van der Waals surface area contributed by atoms with Crippen molar-refractivity contribution in [1.82, 2.24) is 16.1 Å². The van der Waals surface area contributed by atoms with E-state index in [1.54, 1.807) is 45.0 Å². The van der Waals surface area contributed by atoms with E-state index in [-0.39, 0.29) is 28.2 Å². The number of nitrogens with zero attached hydrogens (tertiary/aromatic N) is 1. The van der Waals surface area contributed by atoms with Crippen LogP contribution in [0.25, 0.3) is 0 Å². The molecule has 3 rings (SSSR count). The minimum Gasteiger partial charge on any atom is -0.444 e. The van der Waals surface area contributed by atoms with Crippen LogP contribution in [0.4, 0.5) is 4.79 Å². The van der Waals surface area contributed by atoms with Gasteiger partial charge in [0.1, 0.15) is 16.7 Å². The molecule has 2 amide bonds. The molecule has 2 aliphatic heterocycles. The molecule has 0 aliphatic carbocycles. The van der Waals surface area contributed by atoms with Crippen molar-refractivity contribution in [2.24, 2.45) is 5.84 Å². The second-order valence-electron chi connectivity index (χ2n) is 8.92. The van der Waals surface area contributed by atoms with E-state index in [9.17, 15) is 22.8 Å². The number of carbonyl (C=O) groups excluding carboxylic acids is 3. The van der Waals surface area contributed by atoms with Gasteiger partial charge in [-0.1, -0.05) is 12.1 Å². The Morgan fingerprint density at radius 2 is 1.91 bits per heavy atom. The Kier molecular flexibility index (Phi) is 7.14. The smallest absolute Gasteiger partial charge is 0.408 e. The summed E-state index contributed by atoms with van der Waals surface area (Å²) in [6.45, 7) is 4.90. The highest BCUT2D eigenvalue weighted by Gasteiger charge is 2.42. The summed E-state index contributed by atoms with van der Waals surface area (Å²) in [7, 11) is -4.08. The summed E-state index contributed by atoms with van der Waals surface area (Å²) in [6, 6.07) is 7.08. The minimum absolute atomic E-state index is 0.00908. The van der Waals surface area contributed by atoms with Gasteiger partial charge < -0.3 is 15.4 Å². The Bertz CT molecular complexity index is 1310. The van der Waals surface area contributed by atoms with Crippen molar-refractivity contribution in [3.05, 3.63) is 69.4 Å². The zero-order valence-electron chi connectivity index (χ0n) is 19.3. The van der Waals surface area contributed by atoms with E-state index in [4.69, 9.17) is 15.8 Å². The summed E-state index contributed by atoms with van der Waals surface area (Å²) in [5.41, 5.74) is 2.22. The highest BCUT2D eigenvalue weighted by atomic mass is 32.2. The molecule has 1 aromatic carbocycles. The number of allylic oxidation sites excluding steroid dienone is 1. The molecule has 0 radical (unpaired) electrons. The van der Waals surface area contributed by atoms with Crippen LogP contribution in [0, 0.1) is 11.3 Å². The van der Waals surface area contributed by atoms with Gasteiger partial charge in [-0.15, -0.1) is 0 Å². The van der Waals surface area contributed by atoms with Crippen molar-refractivity contribution in [3.8, 4) is 6.07 Å². The fourth-order valence-corrected chi connectivity index (χ4v) is 5.18. The van der Waals surface area contributed by atoms with E-state index >= 15 is 0 Å². The van der Waals surface area contributed by atoms with Crippen molar-refractivity contribution >= 4 is 27.6 Å².